The molecular weight excluding hydrogens is 233 g/mol. The zero-order valence-corrected chi connectivity index (χ0v) is 8.91. The van der Waals surface area contributed by atoms with Crippen LogP contribution in [-0.2, 0) is 15.1 Å². The van der Waals surface area contributed by atoms with E-state index < -0.39 is 23.3 Å². The van der Waals surface area contributed by atoms with E-state index in [1.54, 1.807) is 18.2 Å². The third kappa shape index (κ3) is 1.92. The summed E-state index contributed by atoms with van der Waals surface area (Å²) >= 11 is 0. The van der Waals surface area contributed by atoms with Gasteiger partial charge >= 0.3 is 12.1 Å². The van der Waals surface area contributed by atoms with E-state index in [-0.39, 0.29) is 0 Å². The fraction of sp³-hybridized carbons (Fsp3) is 0.250. The van der Waals surface area contributed by atoms with Crippen LogP contribution >= 0.6 is 0 Å². The molecule has 0 aromatic heterocycles. The van der Waals surface area contributed by atoms with Crippen molar-refractivity contribution in [2.24, 2.45) is 0 Å². The smallest absolute Gasteiger partial charge is 0.417 e. The van der Waals surface area contributed by atoms with Gasteiger partial charge in [0.15, 0.2) is 5.60 Å². The van der Waals surface area contributed by atoms with Gasteiger partial charge in [0.25, 0.3) is 0 Å². The number of ether oxygens (including phenoxy) is 1. The van der Waals surface area contributed by atoms with Gasteiger partial charge in [-0.15, -0.1) is 0 Å². The Labute approximate surface area is 95.7 Å². The van der Waals surface area contributed by atoms with Crippen LogP contribution in [0.5, 0.6) is 0 Å². The van der Waals surface area contributed by atoms with Gasteiger partial charge in [0, 0.05) is 6.08 Å². The average molecular weight is 242 g/mol. The fourth-order valence-electron chi connectivity index (χ4n) is 1.86. The number of carbonyl (C=O) groups is 1. The number of hydrogen-bond acceptors (Lipinski definition) is 2. The van der Waals surface area contributed by atoms with Crippen molar-refractivity contribution in [3.05, 3.63) is 47.5 Å². The third-order valence-corrected chi connectivity index (χ3v) is 2.71. The van der Waals surface area contributed by atoms with Crippen LogP contribution in [0.4, 0.5) is 13.2 Å². The van der Waals surface area contributed by atoms with Gasteiger partial charge in [0.05, 0.1) is 5.57 Å². The highest BCUT2D eigenvalue weighted by atomic mass is 19.4. The van der Waals surface area contributed by atoms with E-state index in [4.69, 9.17) is 4.74 Å². The lowest BCUT2D eigenvalue weighted by atomic mass is 9.88. The molecule has 2 nitrogen and oxygen atoms in total. The molecule has 0 amide bonds. The predicted octanol–water partition coefficient (Wildman–Crippen LogP) is 2.95. The average Bonchev–Trinajstić information content (AvgIpc) is 2.56. The molecular formula is C12H9F3O2. The van der Waals surface area contributed by atoms with E-state index >= 15 is 0 Å². The van der Waals surface area contributed by atoms with Crippen molar-refractivity contribution in [3.8, 4) is 0 Å². The molecule has 90 valence electrons. The molecule has 1 aliphatic heterocycles. The second-order valence-corrected chi connectivity index (χ2v) is 3.88. The van der Waals surface area contributed by atoms with E-state index in [9.17, 15) is 18.0 Å². The van der Waals surface area contributed by atoms with Crippen LogP contribution in [0.2, 0.25) is 0 Å². The van der Waals surface area contributed by atoms with Crippen molar-refractivity contribution in [2.45, 2.75) is 18.7 Å². The molecule has 0 spiro atoms. The summed E-state index contributed by atoms with van der Waals surface area (Å²) in [6, 6.07) is 7.87. The first-order valence-corrected chi connectivity index (χ1v) is 4.92. The molecule has 1 heterocycles. The summed E-state index contributed by atoms with van der Waals surface area (Å²) in [5.74, 6) is -0.969. The van der Waals surface area contributed by atoms with Gasteiger partial charge in [-0.2, -0.15) is 13.2 Å². The minimum atomic E-state index is -4.59. The predicted molar refractivity (Wildman–Crippen MR) is 54.0 cm³/mol. The maximum atomic E-state index is 12.8. The maximum absolute atomic E-state index is 12.8. The van der Waals surface area contributed by atoms with Crippen LogP contribution in [0.3, 0.4) is 0 Å². The topological polar surface area (TPSA) is 26.3 Å². The molecule has 0 saturated heterocycles. The van der Waals surface area contributed by atoms with Gasteiger partial charge in [-0.25, -0.2) is 4.79 Å². The molecule has 1 unspecified atom stereocenters. The summed E-state index contributed by atoms with van der Waals surface area (Å²) in [6.07, 6.45) is -4.08. The molecule has 1 atom stereocenters. The Balaban J connectivity index is 2.52. The summed E-state index contributed by atoms with van der Waals surface area (Å²) < 4.78 is 43.3. The van der Waals surface area contributed by atoms with E-state index in [0.717, 1.165) is 0 Å². The zero-order valence-electron chi connectivity index (χ0n) is 8.91. The van der Waals surface area contributed by atoms with E-state index in [2.05, 4.69) is 0 Å². The minimum absolute atomic E-state index is 0.300. The third-order valence-electron chi connectivity index (χ3n) is 2.71. The van der Waals surface area contributed by atoms with Crippen molar-refractivity contribution in [2.75, 3.05) is 0 Å². The number of rotatable bonds is 1. The summed E-state index contributed by atoms with van der Waals surface area (Å²) in [7, 11) is 0. The summed E-state index contributed by atoms with van der Waals surface area (Å²) in [6.45, 7) is 1.24. The molecule has 1 aliphatic rings. The Morgan fingerprint density at radius 2 is 1.76 bits per heavy atom. The van der Waals surface area contributed by atoms with E-state index in [1.807, 2.05) is 0 Å². The molecule has 0 saturated carbocycles. The molecule has 0 bridgehead atoms. The van der Waals surface area contributed by atoms with Crippen LogP contribution in [0, 0.1) is 0 Å². The highest BCUT2D eigenvalue weighted by molar-refractivity contribution is 5.87. The number of halogens is 3. The van der Waals surface area contributed by atoms with Gasteiger partial charge < -0.3 is 4.74 Å². The number of alkyl halides is 3. The van der Waals surface area contributed by atoms with Gasteiger partial charge in [0.2, 0.25) is 0 Å². The lowest BCUT2D eigenvalue weighted by Gasteiger charge is -2.28. The van der Waals surface area contributed by atoms with Gasteiger partial charge in [-0.05, 0) is 12.5 Å². The summed E-state index contributed by atoms with van der Waals surface area (Å²) in [5.41, 5.74) is -2.42. The van der Waals surface area contributed by atoms with Crippen LogP contribution in [-0.4, -0.2) is 12.1 Å². The second-order valence-electron chi connectivity index (χ2n) is 3.88. The molecule has 17 heavy (non-hydrogen) atoms. The Hall–Kier alpha value is -1.78. The lowest BCUT2D eigenvalue weighted by Crippen LogP contribution is -2.32. The Bertz CT molecular complexity index is 476. The van der Waals surface area contributed by atoms with Crippen LogP contribution < -0.4 is 0 Å². The van der Waals surface area contributed by atoms with Crippen molar-refractivity contribution in [3.63, 3.8) is 0 Å². The molecule has 1 aromatic carbocycles. The van der Waals surface area contributed by atoms with Crippen molar-refractivity contribution >= 4 is 5.97 Å². The van der Waals surface area contributed by atoms with Crippen molar-refractivity contribution < 1.29 is 22.7 Å². The summed E-state index contributed by atoms with van der Waals surface area (Å²) in [4.78, 5) is 11.1. The van der Waals surface area contributed by atoms with Crippen molar-refractivity contribution in [1.29, 1.82) is 0 Å². The first-order chi connectivity index (χ1) is 7.84. The van der Waals surface area contributed by atoms with Crippen LogP contribution in [0.25, 0.3) is 0 Å². The van der Waals surface area contributed by atoms with E-state index in [0.29, 0.717) is 11.6 Å². The quantitative estimate of drug-likeness (QED) is 0.708. The van der Waals surface area contributed by atoms with Crippen LogP contribution in [0.15, 0.2) is 42.0 Å². The Morgan fingerprint density at radius 1 is 1.18 bits per heavy atom. The number of benzene rings is 1. The maximum Gasteiger partial charge on any atom is 0.417 e. The van der Waals surface area contributed by atoms with Gasteiger partial charge in [0.1, 0.15) is 0 Å². The zero-order chi connectivity index (χ0) is 12.7. The number of carbonyl (C=O) groups excluding carboxylic acids is 1. The Morgan fingerprint density at radius 3 is 2.29 bits per heavy atom. The minimum Gasteiger partial charge on any atom is -0.446 e. The largest absolute Gasteiger partial charge is 0.446 e. The van der Waals surface area contributed by atoms with Gasteiger partial charge in [-0.3, -0.25) is 0 Å². The molecule has 0 aliphatic carbocycles. The molecule has 0 radical (unpaired) electrons. The van der Waals surface area contributed by atoms with Gasteiger partial charge in [-0.1, -0.05) is 30.3 Å². The van der Waals surface area contributed by atoms with Crippen LogP contribution in [0.1, 0.15) is 12.5 Å². The number of esters is 1. The normalized spacial score (nSPS) is 24.5. The molecule has 5 heteroatoms. The SMILES string of the molecule is CC1(c2ccccc2)OC(=O)C=C1C(F)(F)F. The first kappa shape index (κ1) is 11.7. The first-order valence-electron chi connectivity index (χ1n) is 4.92. The number of hydrogen-bond donors (Lipinski definition) is 0. The lowest BCUT2D eigenvalue weighted by molar-refractivity contribution is -0.151. The highest BCUT2D eigenvalue weighted by Crippen LogP contribution is 2.45. The number of cyclic esters (lactones) is 1. The highest BCUT2D eigenvalue weighted by Gasteiger charge is 2.52. The Kier molecular flexibility index (Phi) is 2.49. The van der Waals surface area contributed by atoms with Crippen molar-refractivity contribution in [1.82, 2.24) is 0 Å². The fourth-order valence-corrected chi connectivity index (χ4v) is 1.86. The standard InChI is InChI=1S/C12H9F3O2/c1-11(8-5-3-2-4-6-8)9(12(13,14)15)7-10(16)17-11/h2-7H,1H3. The molecule has 0 N–H and O–H groups in total. The molecule has 2 rings (SSSR count). The summed E-state index contributed by atoms with van der Waals surface area (Å²) in [5, 5.41) is 0. The monoisotopic (exact) mass is 242 g/mol. The molecule has 1 aromatic rings. The molecule has 0 fully saturated rings. The second kappa shape index (κ2) is 3.61. The van der Waals surface area contributed by atoms with E-state index in [1.165, 1.54) is 19.1 Å².